The van der Waals surface area contributed by atoms with Crippen molar-refractivity contribution in [2.45, 2.75) is 33.2 Å². The first-order chi connectivity index (χ1) is 8.47. The molecule has 0 saturated heterocycles. The topological polar surface area (TPSA) is 56.7 Å². The molecule has 2 N–H and O–H groups in total. The van der Waals surface area contributed by atoms with Gasteiger partial charge in [-0.2, -0.15) is 5.10 Å². The molecule has 1 aromatic carbocycles. The Balaban J connectivity index is 2.52. The molecule has 0 aliphatic heterocycles. The molecule has 4 nitrogen and oxygen atoms in total. The van der Waals surface area contributed by atoms with Crippen LogP contribution in [-0.4, -0.2) is 20.8 Å². The number of benzene rings is 1. The highest BCUT2D eigenvalue weighted by Crippen LogP contribution is 2.22. The Labute approximate surface area is 115 Å². The van der Waals surface area contributed by atoms with E-state index in [-0.39, 0.29) is 6.04 Å². The molecule has 2 aromatic rings. The number of rotatable bonds is 3. The molecule has 18 heavy (non-hydrogen) atoms. The Morgan fingerprint density at radius 1 is 1.39 bits per heavy atom. The first-order valence-corrected chi connectivity index (χ1v) is 6.71. The van der Waals surface area contributed by atoms with Crippen molar-refractivity contribution >= 4 is 15.9 Å². The van der Waals surface area contributed by atoms with Crippen molar-refractivity contribution in [2.24, 2.45) is 5.73 Å². The minimum Gasteiger partial charge on any atom is -0.328 e. The highest BCUT2D eigenvalue weighted by atomic mass is 79.9. The van der Waals surface area contributed by atoms with Crippen LogP contribution in [0.2, 0.25) is 0 Å². The summed E-state index contributed by atoms with van der Waals surface area (Å²) in [5.41, 5.74) is 8.13. The van der Waals surface area contributed by atoms with Gasteiger partial charge in [0.25, 0.3) is 0 Å². The Morgan fingerprint density at radius 3 is 2.67 bits per heavy atom. The van der Waals surface area contributed by atoms with Crippen LogP contribution in [0.1, 0.15) is 24.1 Å². The Hall–Kier alpha value is -1.20. The molecule has 0 bridgehead atoms. The van der Waals surface area contributed by atoms with E-state index in [2.05, 4.69) is 32.1 Å². The molecule has 0 aliphatic carbocycles. The second-order valence-corrected chi connectivity index (χ2v) is 5.49. The second-order valence-electron chi connectivity index (χ2n) is 4.57. The number of hydrogen-bond acceptors (Lipinski definition) is 3. The van der Waals surface area contributed by atoms with E-state index >= 15 is 0 Å². The summed E-state index contributed by atoms with van der Waals surface area (Å²) in [6.07, 6.45) is 0.813. The summed E-state index contributed by atoms with van der Waals surface area (Å²) in [7, 11) is 0. The fourth-order valence-electron chi connectivity index (χ4n) is 2.02. The summed E-state index contributed by atoms with van der Waals surface area (Å²) < 4.78 is 2.93. The standard InChI is InChI=1S/C13H17BrN4/c1-8(15)6-11-7-12(14)4-5-13(11)18-10(3)16-9(2)17-18/h4-5,7-8H,6,15H2,1-3H3. The highest BCUT2D eigenvalue weighted by molar-refractivity contribution is 9.10. The minimum atomic E-state index is 0.114. The lowest BCUT2D eigenvalue weighted by molar-refractivity contribution is 0.723. The van der Waals surface area contributed by atoms with Crippen LogP contribution in [0.5, 0.6) is 0 Å². The number of nitrogens with two attached hydrogens (primary N) is 1. The third kappa shape index (κ3) is 2.79. The Bertz CT molecular complexity index is 560. The fraction of sp³-hybridized carbons (Fsp3) is 0.385. The van der Waals surface area contributed by atoms with E-state index in [9.17, 15) is 0 Å². The van der Waals surface area contributed by atoms with Crippen molar-refractivity contribution in [1.29, 1.82) is 0 Å². The zero-order valence-electron chi connectivity index (χ0n) is 10.8. The molecule has 5 heteroatoms. The van der Waals surface area contributed by atoms with Gasteiger partial charge in [0.15, 0.2) is 0 Å². The summed E-state index contributed by atoms with van der Waals surface area (Å²) >= 11 is 3.50. The SMILES string of the molecule is Cc1nc(C)n(-c2ccc(Br)cc2CC(C)N)n1. The third-order valence-electron chi connectivity index (χ3n) is 2.69. The van der Waals surface area contributed by atoms with Crippen LogP contribution in [0.15, 0.2) is 22.7 Å². The van der Waals surface area contributed by atoms with Crippen LogP contribution >= 0.6 is 15.9 Å². The largest absolute Gasteiger partial charge is 0.328 e. The van der Waals surface area contributed by atoms with Gasteiger partial charge in [0.05, 0.1) is 5.69 Å². The van der Waals surface area contributed by atoms with Crippen molar-refractivity contribution < 1.29 is 0 Å². The van der Waals surface area contributed by atoms with Crippen molar-refractivity contribution in [3.05, 3.63) is 39.9 Å². The van der Waals surface area contributed by atoms with E-state index < -0.39 is 0 Å². The summed E-state index contributed by atoms with van der Waals surface area (Å²) in [5.74, 6) is 1.67. The van der Waals surface area contributed by atoms with Gasteiger partial charge in [0.2, 0.25) is 0 Å². The van der Waals surface area contributed by atoms with Gasteiger partial charge >= 0.3 is 0 Å². The van der Waals surface area contributed by atoms with Gasteiger partial charge in [0, 0.05) is 10.5 Å². The molecule has 1 atom stereocenters. The molecule has 1 unspecified atom stereocenters. The van der Waals surface area contributed by atoms with Crippen LogP contribution in [0.25, 0.3) is 5.69 Å². The highest BCUT2D eigenvalue weighted by Gasteiger charge is 2.11. The van der Waals surface area contributed by atoms with Gasteiger partial charge in [-0.3, -0.25) is 0 Å². The maximum Gasteiger partial charge on any atom is 0.148 e. The molecule has 1 heterocycles. The number of halogens is 1. The number of nitrogens with zero attached hydrogens (tertiary/aromatic N) is 3. The number of aromatic nitrogens is 3. The molecule has 0 fully saturated rings. The van der Waals surface area contributed by atoms with E-state index in [0.717, 1.165) is 28.2 Å². The predicted octanol–water partition coefficient (Wildman–Crippen LogP) is 2.54. The smallest absolute Gasteiger partial charge is 0.148 e. The van der Waals surface area contributed by atoms with E-state index in [1.54, 1.807) is 0 Å². The van der Waals surface area contributed by atoms with E-state index in [1.165, 1.54) is 5.56 Å². The molecule has 2 rings (SSSR count). The number of aryl methyl sites for hydroxylation is 2. The lowest BCUT2D eigenvalue weighted by Crippen LogP contribution is -2.19. The quantitative estimate of drug-likeness (QED) is 0.948. The third-order valence-corrected chi connectivity index (χ3v) is 3.18. The molecule has 0 spiro atoms. The molecule has 0 aliphatic rings. The van der Waals surface area contributed by atoms with Crippen LogP contribution in [0.3, 0.4) is 0 Å². The normalized spacial score (nSPS) is 12.7. The molecule has 0 saturated carbocycles. The van der Waals surface area contributed by atoms with Crippen LogP contribution in [0, 0.1) is 13.8 Å². The molecular formula is C13H17BrN4. The van der Waals surface area contributed by atoms with Crippen LogP contribution in [0.4, 0.5) is 0 Å². The average molecular weight is 309 g/mol. The van der Waals surface area contributed by atoms with Gasteiger partial charge in [-0.25, -0.2) is 9.67 Å². The zero-order chi connectivity index (χ0) is 13.3. The van der Waals surface area contributed by atoms with Gasteiger partial charge < -0.3 is 5.73 Å². The van der Waals surface area contributed by atoms with Gasteiger partial charge in [-0.15, -0.1) is 0 Å². The maximum atomic E-state index is 5.90. The molecular weight excluding hydrogens is 292 g/mol. The van der Waals surface area contributed by atoms with E-state index in [1.807, 2.05) is 37.6 Å². The molecule has 0 radical (unpaired) electrons. The molecule has 0 amide bonds. The van der Waals surface area contributed by atoms with Crippen molar-refractivity contribution in [3.63, 3.8) is 0 Å². The molecule has 1 aromatic heterocycles. The van der Waals surface area contributed by atoms with Crippen LogP contribution in [-0.2, 0) is 6.42 Å². The van der Waals surface area contributed by atoms with E-state index in [0.29, 0.717) is 0 Å². The lowest BCUT2D eigenvalue weighted by Gasteiger charge is -2.13. The predicted molar refractivity (Wildman–Crippen MR) is 75.9 cm³/mol. The average Bonchev–Trinajstić information content (AvgIpc) is 2.57. The van der Waals surface area contributed by atoms with E-state index in [4.69, 9.17) is 5.73 Å². The van der Waals surface area contributed by atoms with Gasteiger partial charge in [-0.05, 0) is 51.0 Å². The maximum absolute atomic E-state index is 5.90. The first-order valence-electron chi connectivity index (χ1n) is 5.92. The second kappa shape index (κ2) is 5.20. The first kappa shape index (κ1) is 13.2. The van der Waals surface area contributed by atoms with Gasteiger partial charge in [0.1, 0.15) is 11.6 Å². The fourth-order valence-corrected chi connectivity index (χ4v) is 2.43. The monoisotopic (exact) mass is 308 g/mol. The summed E-state index contributed by atoms with van der Waals surface area (Å²) in [6.45, 7) is 5.86. The number of hydrogen-bond donors (Lipinski definition) is 1. The van der Waals surface area contributed by atoms with Crippen molar-refractivity contribution in [1.82, 2.24) is 14.8 Å². The Morgan fingerprint density at radius 2 is 2.11 bits per heavy atom. The van der Waals surface area contributed by atoms with Crippen molar-refractivity contribution in [2.75, 3.05) is 0 Å². The zero-order valence-corrected chi connectivity index (χ0v) is 12.4. The summed E-state index contributed by atoms with van der Waals surface area (Å²) in [6, 6.07) is 6.26. The summed E-state index contributed by atoms with van der Waals surface area (Å²) in [4.78, 5) is 4.34. The molecule has 96 valence electrons. The Kier molecular flexibility index (Phi) is 3.82. The lowest BCUT2D eigenvalue weighted by atomic mass is 10.1. The van der Waals surface area contributed by atoms with Gasteiger partial charge in [-0.1, -0.05) is 15.9 Å². The summed E-state index contributed by atoms with van der Waals surface area (Å²) in [5, 5.41) is 4.43. The van der Waals surface area contributed by atoms with Crippen LogP contribution < -0.4 is 5.73 Å². The minimum absolute atomic E-state index is 0.114. The van der Waals surface area contributed by atoms with Crippen molar-refractivity contribution in [3.8, 4) is 5.69 Å².